The van der Waals surface area contributed by atoms with Gasteiger partial charge >= 0.3 is 5.97 Å². The molecule has 94 valence electrons. The van der Waals surface area contributed by atoms with Gasteiger partial charge in [-0.05, 0) is 55.3 Å². The Morgan fingerprint density at radius 1 is 1.18 bits per heavy atom. The van der Waals surface area contributed by atoms with Gasteiger partial charge in [-0.3, -0.25) is 4.79 Å². The van der Waals surface area contributed by atoms with Crippen LogP contribution in [-0.2, 0) is 9.53 Å². The van der Waals surface area contributed by atoms with Crippen LogP contribution < -0.4 is 0 Å². The zero-order chi connectivity index (χ0) is 12.3. The average Bonchev–Trinajstić information content (AvgIpc) is 2.11. The molecule has 0 aromatic rings. The van der Waals surface area contributed by atoms with E-state index < -0.39 is 0 Å². The van der Waals surface area contributed by atoms with Crippen molar-refractivity contribution < 1.29 is 9.53 Å². The van der Waals surface area contributed by atoms with Gasteiger partial charge in [-0.2, -0.15) is 0 Å². The summed E-state index contributed by atoms with van der Waals surface area (Å²) in [6, 6.07) is 0. The number of hydrogen-bond acceptors (Lipinski definition) is 2. The van der Waals surface area contributed by atoms with Gasteiger partial charge in [0.1, 0.15) is 0 Å². The zero-order valence-corrected chi connectivity index (χ0v) is 10.9. The van der Waals surface area contributed by atoms with Crippen LogP contribution in [0.15, 0.2) is 12.8 Å². The van der Waals surface area contributed by atoms with E-state index in [4.69, 9.17) is 4.74 Å². The first-order valence-corrected chi connectivity index (χ1v) is 6.71. The van der Waals surface area contributed by atoms with Crippen LogP contribution in [0.1, 0.15) is 52.4 Å². The normalized spacial score (nSPS) is 51.3. The van der Waals surface area contributed by atoms with Crippen LogP contribution in [0, 0.1) is 22.2 Å². The van der Waals surface area contributed by atoms with E-state index in [0.717, 1.165) is 25.2 Å². The largest absolute Gasteiger partial charge is 0.435 e. The highest BCUT2D eigenvalue weighted by molar-refractivity contribution is 5.78. The van der Waals surface area contributed by atoms with E-state index in [1.54, 1.807) is 0 Å². The Labute approximate surface area is 103 Å². The Balaban J connectivity index is 1.97. The minimum atomic E-state index is -0.197. The maximum atomic E-state index is 12.3. The average molecular weight is 234 g/mol. The van der Waals surface area contributed by atoms with Crippen molar-refractivity contribution in [1.82, 2.24) is 0 Å². The molecule has 4 aliphatic rings. The van der Waals surface area contributed by atoms with Gasteiger partial charge in [0.25, 0.3) is 0 Å². The van der Waals surface area contributed by atoms with Gasteiger partial charge in [0.2, 0.25) is 0 Å². The van der Waals surface area contributed by atoms with E-state index in [2.05, 4.69) is 20.4 Å². The van der Waals surface area contributed by atoms with E-state index in [1.807, 2.05) is 0 Å². The Morgan fingerprint density at radius 2 is 1.76 bits per heavy atom. The number of hydrogen-bond donors (Lipinski definition) is 0. The van der Waals surface area contributed by atoms with Crippen LogP contribution >= 0.6 is 0 Å². The number of esters is 1. The second-order valence-electron chi connectivity index (χ2n) is 7.48. The minimum absolute atomic E-state index is 0.0194. The molecule has 4 bridgehead atoms. The van der Waals surface area contributed by atoms with Crippen molar-refractivity contribution in [1.29, 1.82) is 0 Å². The fraction of sp³-hybridized carbons (Fsp3) is 0.800. The molecule has 0 radical (unpaired) electrons. The molecular formula is C15H22O2. The van der Waals surface area contributed by atoms with E-state index >= 15 is 0 Å². The van der Waals surface area contributed by atoms with Gasteiger partial charge < -0.3 is 4.74 Å². The monoisotopic (exact) mass is 234 g/mol. The summed E-state index contributed by atoms with van der Waals surface area (Å²) in [5.74, 6) is 0.715. The van der Waals surface area contributed by atoms with Crippen LogP contribution in [0.25, 0.3) is 0 Å². The molecule has 0 aromatic carbocycles. The minimum Gasteiger partial charge on any atom is -0.435 e. The van der Waals surface area contributed by atoms with Crippen molar-refractivity contribution in [2.45, 2.75) is 52.4 Å². The van der Waals surface area contributed by atoms with Crippen LogP contribution in [-0.4, -0.2) is 5.97 Å². The summed E-state index contributed by atoms with van der Waals surface area (Å²) in [7, 11) is 0. The van der Waals surface area contributed by atoms with Crippen molar-refractivity contribution in [2.24, 2.45) is 22.2 Å². The third kappa shape index (κ3) is 1.56. The van der Waals surface area contributed by atoms with Crippen molar-refractivity contribution in [3.8, 4) is 0 Å². The first-order chi connectivity index (χ1) is 7.89. The molecule has 17 heavy (non-hydrogen) atoms. The first-order valence-electron chi connectivity index (χ1n) is 6.71. The molecule has 4 fully saturated rings. The van der Waals surface area contributed by atoms with Gasteiger partial charge in [0.15, 0.2) is 0 Å². The van der Waals surface area contributed by atoms with Crippen LogP contribution in [0.5, 0.6) is 0 Å². The Morgan fingerprint density at radius 3 is 2.24 bits per heavy atom. The van der Waals surface area contributed by atoms with E-state index in [0.29, 0.717) is 10.8 Å². The molecule has 2 heteroatoms. The highest BCUT2D eigenvalue weighted by atomic mass is 16.5. The molecule has 0 heterocycles. The lowest BCUT2D eigenvalue weighted by atomic mass is 9.40. The molecular weight excluding hydrogens is 212 g/mol. The van der Waals surface area contributed by atoms with Crippen molar-refractivity contribution in [3.05, 3.63) is 12.8 Å². The number of rotatable bonds is 2. The molecule has 2 unspecified atom stereocenters. The van der Waals surface area contributed by atoms with Gasteiger partial charge in [-0.25, -0.2) is 0 Å². The second kappa shape index (κ2) is 3.15. The maximum Gasteiger partial charge on any atom is 0.316 e. The molecule has 0 saturated heterocycles. The highest BCUT2D eigenvalue weighted by Gasteiger charge is 2.63. The third-order valence-electron chi connectivity index (χ3n) is 5.25. The summed E-state index contributed by atoms with van der Waals surface area (Å²) in [6.07, 6.45) is 8.31. The SMILES string of the molecule is C=COC(=O)C12CC3CC(C)(CC(C)(C3)C1)C2. The fourth-order valence-corrected chi connectivity index (χ4v) is 5.88. The topological polar surface area (TPSA) is 26.3 Å². The standard InChI is InChI=1S/C15H22O2/c1-4-17-12(16)15-7-11-5-13(2,9-15)8-14(3,6-11)10-15/h4,11H,1,5-10H2,2-3H3. The predicted octanol–water partition coefficient (Wildman–Crippen LogP) is 3.67. The Hall–Kier alpha value is -0.790. The molecule has 0 aliphatic heterocycles. The molecule has 4 rings (SSSR count). The lowest BCUT2D eigenvalue weighted by molar-refractivity contribution is -0.186. The number of carbonyl (C=O) groups is 1. The predicted molar refractivity (Wildman–Crippen MR) is 66.1 cm³/mol. The van der Waals surface area contributed by atoms with Gasteiger partial charge in [-0.15, -0.1) is 0 Å². The van der Waals surface area contributed by atoms with E-state index in [-0.39, 0.29) is 11.4 Å². The number of ether oxygens (including phenoxy) is 1. The lowest BCUT2D eigenvalue weighted by Gasteiger charge is -2.64. The molecule has 4 aliphatic carbocycles. The molecule has 2 atom stereocenters. The summed E-state index contributed by atoms with van der Waals surface area (Å²) in [4.78, 5) is 12.3. The molecule has 4 saturated carbocycles. The first kappa shape index (κ1) is 11.3. The molecule has 0 N–H and O–H groups in total. The summed E-state index contributed by atoms with van der Waals surface area (Å²) in [5.41, 5.74) is 0.541. The smallest absolute Gasteiger partial charge is 0.316 e. The van der Waals surface area contributed by atoms with Crippen molar-refractivity contribution in [3.63, 3.8) is 0 Å². The fourth-order valence-electron chi connectivity index (χ4n) is 5.88. The van der Waals surface area contributed by atoms with Crippen molar-refractivity contribution in [2.75, 3.05) is 0 Å². The maximum absolute atomic E-state index is 12.3. The van der Waals surface area contributed by atoms with Gasteiger partial charge in [-0.1, -0.05) is 20.4 Å². The zero-order valence-electron chi connectivity index (χ0n) is 10.9. The van der Waals surface area contributed by atoms with Crippen LogP contribution in [0.2, 0.25) is 0 Å². The summed E-state index contributed by atoms with van der Waals surface area (Å²) in [5, 5.41) is 0. The quantitative estimate of drug-likeness (QED) is 0.538. The summed E-state index contributed by atoms with van der Waals surface area (Å²) < 4.78 is 5.14. The molecule has 0 spiro atoms. The Bertz CT molecular complexity index is 366. The van der Waals surface area contributed by atoms with Crippen LogP contribution in [0.4, 0.5) is 0 Å². The Kier molecular flexibility index (Phi) is 2.10. The highest BCUT2D eigenvalue weighted by Crippen LogP contribution is 2.69. The summed E-state index contributed by atoms with van der Waals surface area (Å²) in [6.45, 7) is 8.25. The molecule has 0 amide bonds. The van der Waals surface area contributed by atoms with E-state index in [1.165, 1.54) is 25.5 Å². The lowest BCUT2D eigenvalue weighted by Crippen LogP contribution is -2.57. The second-order valence-corrected chi connectivity index (χ2v) is 7.48. The van der Waals surface area contributed by atoms with Gasteiger partial charge in [0.05, 0.1) is 11.7 Å². The van der Waals surface area contributed by atoms with E-state index in [9.17, 15) is 4.79 Å². The molecule has 0 aromatic heterocycles. The van der Waals surface area contributed by atoms with Gasteiger partial charge in [0, 0.05) is 0 Å². The third-order valence-corrected chi connectivity index (χ3v) is 5.25. The molecule has 2 nitrogen and oxygen atoms in total. The number of carbonyl (C=O) groups excluding carboxylic acids is 1. The summed E-state index contributed by atoms with van der Waals surface area (Å²) >= 11 is 0. The van der Waals surface area contributed by atoms with Crippen LogP contribution in [0.3, 0.4) is 0 Å². The van der Waals surface area contributed by atoms with Crippen molar-refractivity contribution >= 4 is 5.97 Å².